The Morgan fingerprint density at radius 1 is 1.21 bits per heavy atom. The highest BCUT2D eigenvalue weighted by Crippen LogP contribution is 2.20. The molecule has 1 aromatic carbocycles. The van der Waals surface area contributed by atoms with Gasteiger partial charge < -0.3 is 15.0 Å². The van der Waals surface area contributed by atoms with E-state index in [1.807, 2.05) is 32.0 Å². The zero-order valence-electron chi connectivity index (χ0n) is 11.2. The summed E-state index contributed by atoms with van der Waals surface area (Å²) in [5.41, 5.74) is 8.48. The number of anilines is 1. The van der Waals surface area contributed by atoms with E-state index >= 15 is 0 Å². The van der Waals surface area contributed by atoms with Crippen LogP contribution in [0.15, 0.2) is 41.3 Å². The molecule has 0 aliphatic rings. The second-order valence-electron chi connectivity index (χ2n) is 4.54. The number of hydrogen-bond acceptors (Lipinski definition) is 3. The van der Waals surface area contributed by atoms with E-state index < -0.39 is 0 Å². The molecule has 4 heteroatoms. The van der Waals surface area contributed by atoms with Crippen molar-refractivity contribution in [2.24, 2.45) is 0 Å². The Morgan fingerprint density at radius 3 is 2.79 bits per heavy atom. The van der Waals surface area contributed by atoms with Crippen molar-refractivity contribution in [3.8, 4) is 5.75 Å². The summed E-state index contributed by atoms with van der Waals surface area (Å²) >= 11 is 0. The number of benzene rings is 1. The monoisotopic (exact) mass is 258 g/mol. The number of nitrogen functional groups attached to an aromatic ring is 1. The smallest absolute Gasteiger partial charge is 0.250 e. The van der Waals surface area contributed by atoms with Crippen molar-refractivity contribution in [1.29, 1.82) is 0 Å². The molecule has 0 aliphatic carbocycles. The predicted octanol–water partition coefficient (Wildman–Crippen LogP) is 2.13. The molecule has 0 spiro atoms. The topological polar surface area (TPSA) is 57.2 Å². The molecule has 0 aliphatic heterocycles. The summed E-state index contributed by atoms with van der Waals surface area (Å²) in [6.07, 6.45) is 1.63. The molecule has 0 bridgehead atoms. The Hall–Kier alpha value is -2.23. The van der Waals surface area contributed by atoms with Gasteiger partial charge in [0.15, 0.2) is 0 Å². The number of aryl methyl sites for hydroxylation is 1. The zero-order chi connectivity index (χ0) is 13.8. The minimum atomic E-state index is -0.0706. The van der Waals surface area contributed by atoms with Gasteiger partial charge in [-0.1, -0.05) is 12.1 Å². The largest absolute Gasteiger partial charge is 0.491 e. The fourth-order valence-electron chi connectivity index (χ4n) is 1.86. The Morgan fingerprint density at radius 2 is 2.00 bits per heavy atom. The molecule has 19 heavy (non-hydrogen) atoms. The first-order chi connectivity index (χ1) is 9.08. The van der Waals surface area contributed by atoms with E-state index in [0.717, 1.165) is 11.3 Å². The molecule has 0 radical (unpaired) electrons. The molecule has 0 saturated heterocycles. The summed E-state index contributed by atoms with van der Waals surface area (Å²) in [6.45, 7) is 4.99. The van der Waals surface area contributed by atoms with Crippen LogP contribution in [0.2, 0.25) is 0 Å². The van der Waals surface area contributed by atoms with Crippen LogP contribution in [-0.4, -0.2) is 11.2 Å². The summed E-state index contributed by atoms with van der Waals surface area (Å²) in [6, 6.07) is 9.01. The van der Waals surface area contributed by atoms with Crippen molar-refractivity contribution in [3.63, 3.8) is 0 Å². The van der Waals surface area contributed by atoms with Gasteiger partial charge >= 0.3 is 0 Å². The fourth-order valence-corrected chi connectivity index (χ4v) is 1.86. The second kappa shape index (κ2) is 5.61. The zero-order valence-corrected chi connectivity index (χ0v) is 11.2. The number of nitrogens with two attached hydrogens (primary N) is 1. The lowest BCUT2D eigenvalue weighted by molar-refractivity contribution is 0.294. The van der Waals surface area contributed by atoms with Gasteiger partial charge in [0.05, 0.1) is 6.54 Å². The molecule has 2 aromatic rings. The van der Waals surface area contributed by atoms with E-state index in [0.29, 0.717) is 18.8 Å². The van der Waals surface area contributed by atoms with Crippen LogP contribution in [0.25, 0.3) is 0 Å². The van der Waals surface area contributed by atoms with Gasteiger partial charge in [0, 0.05) is 18.0 Å². The number of ether oxygens (including phenoxy) is 1. The molecule has 0 saturated carbocycles. The molecule has 0 amide bonds. The van der Waals surface area contributed by atoms with Gasteiger partial charge in [-0.3, -0.25) is 4.79 Å². The quantitative estimate of drug-likeness (QED) is 0.914. The summed E-state index contributed by atoms with van der Waals surface area (Å²) in [4.78, 5) is 11.6. The first kappa shape index (κ1) is 13.2. The molecule has 2 rings (SSSR count). The van der Waals surface area contributed by atoms with Crippen LogP contribution in [0.5, 0.6) is 5.75 Å². The summed E-state index contributed by atoms with van der Waals surface area (Å²) in [5.74, 6) is 0.858. The van der Waals surface area contributed by atoms with E-state index in [2.05, 4.69) is 0 Å². The fraction of sp³-hybridized carbons (Fsp3) is 0.267. The van der Waals surface area contributed by atoms with E-state index in [9.17, 15) is 4.79 Å². The summed E-state index contributed by atoms with van der Waals surface area (Å²) in [5, 5.41) is 0. The predicted molar refractivity (Wildman–Crippen MR) is 76.5 cm³/mol. The van der Waals surface area contributed by atoms with Crippen molar-refractivity contribution in [2.75, 3.05) is 12.3 Å². The lowest BCUT2D eigenvalue weighted by atomic mass is 10.1. The van der Waals surface area contributed by atoms with Gasteiger partial charge in [-0.25, -0.2) is 0 Å². The van der Waals surface area contributed by atoms with Gasteiger partial charge in [-0.05, 0) is 37.1 Å². The first-order valence-corrected chi connectivity index (χ1v) is 6.23. The van der Waals surface area contributed by atoms with Gasteiger partial charge in [0.25, 0.3) is 5.56 Å². The van der Waals surface area contributed by atoms with Gasteiger partial charge in [-0.2, -0.15) is 0 Å². The van der Waals surface area contributed by atoms with Gasteiger partial charge in [0.1, 0.15) is 12.4 Å². The minimum absolute atomic E-state index is 0.0706. The molecule has 100 valence electrons. The maximum absolute atomic E-state index is 11.6. The highest BCUT2D eigenvalue weighted by atomic mass is 16.5. The van der Waals surface area contributed by atoms with Crippen LogP contribution < -0.4 is 16.0 Å². The standard InChI is InChI=1S/C15H18N2O2/c1-11-4-3-5-14(12(11)2)19-9-8-17-10-13(16)6-7-15(17)18/h3-7,10H,8-9,16H2,1-2H3. The van der Waals surface area contributed by atoms with Gasteiger partial charge in [-0.15, -0.1) is 0 Å². The molecule has 4 nitrogen and oxygen atoms in total. The van der Waals surface area contributed by atoms with Crippen LogP contribution >= 0.6 is 0 Å². The molecule has 0 atom stereocenters. The Labute approximate surface area is 112 Å². The third-order valence-electron chi connectivity index (χ3n) is 3.15. The van der Waals surface area contributed by atoms with Crippen molar-refractivity contribution >= 4 is 5.69 Å². The average molecular weight is 258 g/mol. The van der Waals surface area contributed by atoms with Crippen molar-refractivity contribution in [3.05, 3.63) is 58.0 Å². The SMILES string of the molecule is Cc1cccc(OCCn2cc(N)ccc2=O)c1C. The van der Waals surface area contributed by atoms with Crippen LogP contribution in [-0.2, 0) is 6.54 Å². The van der Waals surface area contributed by atoms with E-state index in [4.69, 9.17) is 10.5 Å². The molecular weight excluding hydrogens is 240 g/mol. The summed E-state index contributed by atoms with van der Waals surface area (Å²) < 4.78 is 7.27. The van der Waals surface area contributed by atoms with Crippen molar-refractivity contribution in [2.45, 2.75) is 20.4 Å². The lowest BCUT2D eigenvalue weighted by Crippen LogP contribution is -2.22. The van der Waals surface area contributed by atoms with Crippen LogP contribution in [0.3, 0.4) is 0 Å². The van der Waals surface area contributed by atoms with E-state index in [1.165, 1.54) is 11.6 Å². The maximum atomic E-state index is 11.6. The maximum Gasteiger partial charge on any atom is 0.250 e. The number of aromatic nitrogens is 1. The Kier molecular flexibility index (Phi) is 3.90. The van der Waals surface area contributed by atoms with Crippen LogP contribution in [0, 0.1) is 13.8 Å². The first-order valence-electron chi connectivity index (χ1n) is 6.23. The average Bonchev–Trinajstić information content (AvgIpc) is 2.38. The number of rotatable bonds is 4. The van der Waals surface area contributed by atoms with Crippen molar-refractivity contribution < 1.29 is 4.74 Å². The van der Waals surface area contributed by atoms with Crippen LogP contribution in [0.1, 0.15) is 11.1 Å². The lowest BCUT2D eigenvalue weighted by Gasteiger charge is -2.12. The summed E-state index contributed by atoms with van der Waals surface area (Å²) in [7, 11) is 0. The molecule has 0 fully saturated rings. The molecule has 2 N–H and O–H groups in total. The molecule has 1 aromatic heterocycles. The van der Waals surface area contributed by atoms with Crippen LogP contribution in [0.4, 0.5) is 5.69 Å². The Balaban J connectivity index is 2.02. The number of hydrogen-bond donors (Lipinski definition) is 1. The third kappa shape index (κ3) is 3.16. The molecular formula is C15H18N2O2. The highest BCUT2D eigenvalue weighted by molar-refractivity contribution is 5.38. The number of pyridine rings is 1. The van der Waals surface area contributed by atoms with E-state index in [1.54, 1.807) is 16.8 Å². The Bertz CT molecular complexity index is 632. The molecule has 0 unspecified atom stereocenters. The highest BCUT2D eigenvalue weighted by Gasteiger charge is 2.02. The van der Waals surface area contributed by atoms with E-state index in [-0.39, 0.29) is 5.56 Å². The van der Waals surface area contributed by atoms with Crippen molar-refractivity contribution in [1.82, 2.24) is 4.57 Å². The third-order valence-corrected chi connectivity index (χ3v) is 3.15. The molecule has 1 heterocycles. The minimum Gasteiger partial charge on any atom is -0.491 e. The number of nitrogens with zero attached hydrogens (tertiary/aromatic N) is 1. The second-order valence-corrected chi connectivity index (χ2v) is 4.54. The normalized spacial score (nSPS) is 10.4. The van der Waals surface area contributed by atoms with Gasteiger partial charge in [0.2, 0.25) is 0 Å².